The van der Waals surface area contributed by atoms with Crippen LogP contribution in [0, 0.1) is 11.8 Å². The summed E-state index contributed by atoms with van der Waals surface area (Å²) in [7, 11) is 0. The molecule has 2 aromatic carbocycles. The first kappa shape index (κ1) is 41.1. The molecule has 0 radical (unpaired) electrons. The maximum atomic E-state index is 14.0. The van der Waals surface area contributed by atoms with E-state index < -0.39 is 47.7 Å². The second-order valence-corrected chi connectivity index (χ2v) is 14.8. The summed E-state index contributed by atoms with van der Waals surface area (Å²) < 4.78 is 0. The smallest absolute Gasteiger partial charge is 0.312 e. The summed E-state index contributed by atoms with van der Waals surface area (Å²) in [6, 6.07) is 16.2. The van der Waals surface area contributed by atoms with Gasteiger partial charge in [0.15, 0.2) is 5.78 Å². The molecule has 1 aliphatic carbocycles. The van der Waals surface area contributed by atoms with Crippen LogP contribution in [-0.4, -0.2) is 102 Å². The summed E-state index contributed by atoms with van der Waals surface area (Å²) in [6.07, 6.45) is 4.18. The fourth-order valence-electron chi connectivity index (χ4n) is 6.58. The highest BCUT2D eigenvalue weighted by molar-refractivity contribution is 6.35. The lowest BCUT2D eigenvalue weighted by Crippen LogP contribution is -2.58. The zero-order valence-electron chi connectivity index (χ0n) is 31.1. The van der Waals surface area contributed by atoms with Gasteiger partial charge in [-0.15, -0.1) is 0 Å². The van der Waals surface area contributed by atoms with E-state index in [1.54, 1.807) is 4.90 Å². The summed E-state index contributed by atoms with van der Waals surface area (Å²) in [6.45, 7) is 5.24. The monoisotopic (exact) mass is 731 g/mol. The van der Waals surface area contributed by atoms with Gasteiger partial charge in [0.25, 0.3) is 0 Å². The number of hydrogen-bond donors (Lipinski definition) is 5. The molecule has 4 atom stereocenters. The number of nitrogens with two attached hydrogens (primary N) is 2. The molecule has 5 amide bonds. The van der Waals surface area contributed by atoms with Crippen LogP contribution in [0.15, 0.2) is 60.7 Å². The number of unbranched alkanes of at least 4 members (excludes halogenated alkanes) is 1. The first-order valence-electron chi connectivity index (χ1n) is 19.0. The van der Waals surface area contributed by atoms with Gasteiger partial charge in [-0.2, -0.15) is 0 Å². The first-order chi connectivity index (χ1) is 25.4. The molecule has 13 heteroatoms. The quantitative estimate of drug-likeness (QED) is 0.106. The molecule has 0 unspecified atom stereocenters. The van der Waals surface area contributed by atoms with Crippen LogP contribution < -0.4 is 27.4 Å². The van der Waals surface area contributed by atoms with E-state index in [1.165, 1.54) is 4.90 Å². The highest BCUT2D eigenvalue weighted by Gasteiger charge is 2.35. The van der Waals surface area contributed by atoms with Crippen molar-refractivity contribution in [2.45, 2.75) is 95.8 Å². The second kappa shape index (κ2) is 20.6. The molecule has 0 aromatic heterocycles. The molecule has 53 heavy (non-hydrogen) atoms. The molecule has 1 saturated heterocycles. The Balaban J connectivity index is 1.43. The van der Waals surface area contributed by atoms with Gasteiger partial charge in [0.1, 0.15) is 6.04 Å². The van der Waals surface area contributed by atoms with Gasteiger partial charge in [-0.1, -0.05) is 74.5 Å². The third kappa shape index (κ3) is 13.4. The van der Waals surface area contributed by atoms with Gasteiger partial charge in [-0.3, -0.25) is 28.8 Å². The Morgan fingerprint density at radius 3 is 1.89 bits per heavy atom. The van der Waals surface area contributed by atoms with Crippen LogP contribution in [-0.2, 0) is 41.6 Å². The molecule has 7 N–H and O–H groups in total. The third-order valence-corrected chi connectivity index (χ3v) is 9.74. The number of amides is 5. The number of nitrogens with zero attached hydrogens (tertiary/aromatic N) is 2. The lowest BCUT2D eigenvalue weighted by atomic mass is 9.88. The van der Waals surface area contributed by atoms with Crippen molar-refractivity contribution in [3.63, 3.8) is 0 Å². The number of benzene rings is 2. The molecule has 13 nitrogen and oxygen atoms in total. The molecule has 2 aliphatic rings. The fraction of sp³-hybridized carbons (Fsp3) is 0.550. The van der Waals surface area contributed by atoms with E-state index in [0.717, 1.165) is 24.0 Å². The zero-order valence-corrected chi connectivity index (χ0v) is 31.1. The van der Waals surface area contributed by atoms with Crippen LogP contribution >= 0.6 is 0 Å². The molecule has 1 aliphatic heterocycles. The molecule has 1 saturated carbocycles. The summed E-state index contributed by atoms with van der Waals surface area (Å²) in [5.41, 5.74) is 13.8. The van der Waals surface area contributed by atoms with Crippen LogP contribution in [0.4, 0.5) is 0 Å². The predicted octanol–water partition coefficient (Wildman–Crippen LogP) is 1.47. The van der Waals surface area contributed by atoms with E-state index in [1.807, 2.05) is 74.5 Å². The van der Waals surface area contributed by atoms with Crippen LogP contribution in [0.1, 0.15) is 69.9 Å². The third-order valence-electron chi connectivity index (χ3n) is 9.74. The number of hydrogen-bond acceptors (Lipinski definition) is 8. The number of carbonyl (C=O) groups excluding carboxylic acids is 6. The van der Waals surface area contributed by atoms with Gasteiger partial charge in [0.05, 0.1) is 12.1 Å². The van der Waals surface area contributed by atoms with Crippen LogP contribution in [0.25, 0.3) is 0 Å². The molecule has 0 bridgehead atoms. The number of ketones is 1. The minimum Gasteiger partial charge on any atom is -0.345 e. The average molecular weight is 732 g/mol. The maximum absolute atomic E-state index is 14.0. The highest BCUT2D eigenvalue weighted by atomic mass is 16.2. The van der Waals surface area contributed by atoms with E-state index in [4.69, 9.17) is 11.5 Å². The van der Waals surface area contributed by atoms with Gasteiger partial charge in [-0.25, -0.2) is 0 Å². The topological polar surface area (TPSA) is 197 Å². The average Bonchev–Trinajstić information content (AvgIpc) is 3.98. The van der Waals surface area contributed by atoms with E-state index >= 15 is 0 Å². The molecule has 0 spiro atoms. The number of rotatable bonds is 19. The van der Waals surface area contributed by atoms with E-state index in [-0.39, 0.29) is 62.7 Å². The van der Waals surface area contributed by atoms with Crippen molar-refractivity contribution in [2.75, 3.05) is 32.7 Å². The second-order valence-electron chi connectivity index (χ2n) is 14.8. The Morgan fingerprint density at radius 2 is 1.32 bits per heavy atom. The van der Waals surface area contributed by atoms with Crippen molar-refractivity contribution in [2.24, 2.45) is 23.3 Å². The largest absolute Gasteiger partial charge is 0.345 e. The normalized spacial score (nSPS) is 16.6. The summed E-state index contributed by atoms with van der Waals surface area (Å²) >= 11 is 0. The van der Waals surface area contributed by atoms with Crippen molar-refractivity contribution in [1.82, 2.24) is 25.8 Å². The van der Waals surface area contributed by atoms with Gasteiger partial charge in [0.2, 0.25) is 17.7 Å². The van der Waals surface area contributed by atoms with Gasteiger partial charge >= 0.3 is 11.8 Å². The van der Waals surface area contributed by atoms with Crippen LogP contribution in [0.3, 0.4) is 0 Å². The standard InChI is InChI=1S/C40H57N7O6/c1-27(2)23-30(26-35(48)34(25-29-13-7-4-8-14-29)45-37(50)32(42)24-28-11-5-3-6-12-28)36(49)44-33(15-9-10-18-41)39(52)46-19-21-47(22-20-46)40(53)38(51)43-31-16-17-31/h3-8,11-14,27,30-34H,9-10,15-26,41-42H2,1-2H3,(H,43,51)(H,44,49)(H,45,50)/t30-,32+,33+,34+/m0/s1. The molecule has 2 aromatic rings. The summed E-state index contributed by atoms with van der Waals surface area (Å²) in [4.78, 5) is 83.2. The number of carbonyl (C=O) groups is 6. The Kier molecular flexibility index (Phi) is 16.0. The zero-order chi connectivity index (χ0) is 38.3. The van der Waals surface area contributed by atoms with E-state index in [2.05, 4.69) is 16.0 Å². The predicted molar refractivity (Wildman–Crippen MR) is 202 cm³/mol. The molecule has 288 valence electrons. The Labute approximate surface area is 313 Å². The van der Waals surface area contributed by atoms with Crippen molar-refractivity contribution < 1.29 is 28.8 Å². The van der Waals surface area contributed by atoms with Gasteiger partial charge in [0, 0.05) is 44.6 Å². The minimum absolute atomic E-state index is 0.0640. The highest BCUT2D eigenvalue weighted by Crippen LogP contribution is 2.21. The Morgan fingerprint density at radius 1 is 0.755 bits per heavy atom. The maximum Gasteiger partial charge on any atom is 0.312 e. The van der Waals surface area contributed by atoms with Gasteiger partial charge < -0.3 is 37.2 Å². The SMILES string of the molecule is CC(C)C[C@@H](CC(=O)[C@@H](Cc1ccccc1)NC(=O)[C@H](N)Cc1ccccc1)C(=O)N[C@H](CCCCN)C(=O)N1CCN(C(=O)C(=O)NC2CC2)CC1. The fourth-order valence-corrected chi connectivity index (χ4v) is 6.58. The van der Waals surface area contributed by atoms with Crippen molar-refractivity contribution in [3.8, 4) is 0 Å². The molecular weight excluding hydrogens is 674 g/mol. The number of nitrogens with one attached hydrogen (secondary N) is 3. The van der Waals surface area contributed by atoms with Crippen molar-refractivity contribution in [3.05, 3.63) is 71.8 Å². The lowest BCUT2D eigenvalue weighted by Gasteiger charge is -2.36. The molecule has 4 rings (SSSR count). The van der Waals surface area contributed by atoms with Gasteiger partial charge in [-0.05, 0) is 75.0 Å². The molecular formula is C40H57N7O6. The van der Waals surface area contributed by atoms with E-state index in [9.17, 15) is 28.8 Å². The Bertz CT molecular complexity index is 1530. The van der Waals surface area contributed by atoms with Crippen LogP contribution in [0.2, 0.25) is 0 Å². The Hall–Kier alpha value is -4.62. The van der Waals surface area contributed by atoms with E-state index in [0.29, 0.717) is 38.6 Å². The van der Waals surface area contributed by atoms with Crippen molar-refractivity contribution in [1.29, 1.82) is 0 Å². The van der Waals surface area contributed by atoms with Crippen LogP contribution in [0.5, 0.6) is 0 Å². The van der Waals surface area contributed by atoms with Crippen molar-refractivity contribution >= 4 is 35.3 Å². The first-order valence-corrected chi connectivity index (χ1v) is 19.0. The summed E-state index contributed by atoms with van der Waals surface area (Å²) in [5, 5.41) is 8.56. The lowest BCUT2D eigenvalue weighted by molar-refractivity contribution is -0.149. The minimum atomic E-state index is -0.915. The molecule has 2 fully saturated rings. The summed E-state index contributed by atoms with van der Waals surface area (Å²) in [5.74, 6) is -3.34. The number of piperazine rings is 1. The number of Topliss-reactive ketones (excluding diaryl/α,β-unsaturated/α-hetero) is 1. The molecule has 1 heterocycles.